The summed E-state index contributed by atoms with van der Waals surface area (Å²) >= 11 is 6.45. The lowest BCUT2D eigenvalue weighted by molar-refractivity contribution is -0.125. The molecule has 6 atom stereocenters. The first-order valence-electron chi connectivity index (χ1n) is 11.0. The second-order valence-electron chi connectivity index (χ2n) is 9.21. The van der Waals surface area contributed by atoms with Crippen LogP contribution in [0.4, 0.5) is 5.69 Å². The van der Waals surface area contributed by atoms with Crippen LogP contribution >= 0.6 is 11.6 Å². The number of hydrogen-bond acceptors (Lipinski definition) is 4. The van der Waals surface area contributed by atoms with E-state index < -0.39 is 0 Å². The lowest BCUT2D eigenvalue weighted by Gasteiger charge is -2.30. The van der Waals surface area contributed by atoms with Gasteiger partial charge in [-0.3, -0.25) is 14.5 Å². The van der Waals surface area contributed by atoms with Crippen molar-refractivity contribution in [2.24, 2.45) is 34.7 Å². The minimum Gasteiger partial charge on any atom is -0.391 e. The molecule has 1 saturated heterocycles. The highest BCUT2D eigenvalue weighted by atomic mass is 35.5. The normalized spacial score (nSPS) is 32.3. The van der Waals surface area contributed by atoms with E-state index in [1.807, 2.05) is 66.7 Å². The van der Waals surface area contributed by atoms with Gasteiger partial charge in [-0.05, 0) is 41.3 Å². The summed E-state index contributed by atoms with van der Waals surface area (Å²) in [7, 11) is 0. The minimum atomic E-state index is -0.332. The zero-order chi connectivity index (χ0) is 21.6. The zero-order valence-corrected chi connectivity index (χ0v) is 17.8. The molecule has 5 nitrogen and oxygen atoms in total. The van der Waals surface area contributed by atoms with E-state index in [9.17, 15) is 9.59 Å². The Balaban J connectivity index is 1.26. The number of fused-ring (bicyclic) bond motifs is 9. The van der Waals surface area contributed by atoms with Crippen LogP contribution < -0.4 is 4.90 Å². The Labute approximate surface area is 189 Å². The highest BCUT2D eigenvalue weighted by Gasteiger charge is 2.70. The number of carbonyl (C=O) groups is 2. The molecule has 2 bridgehead atoms. The maximum absolute atomic E-state index is 13.6. The van der Waals surface area contributed by atoms with E-state index in [0.29, 0.717) is 10.7 Å². The fourth-order valence-corrected chi connectivity index (χ4v) is 6.82. The zero-order valence-electron chi connectivity index (χ0n) is 17.0. The number of anilines is 1. The molecule has 0 N–H and O–H groups in total. The number of benzene rings is 3. The molecule has 0 radical (unpaired) electrons. The van der Waals surface area contributed by atoms with Crippen LogP contribution in [0.1, 0.15) is 12.0 Å². The molecule has 158 valence electrons. The minimum absolute atomic E-state index is 0.000596. The van der Waals surface area contributed by atoms with E-state index in [2.05, 4.69) is 5.16 Å². The summed E-state index contributed by atoms with van der Waals surface area (Å²) in [5.74, 6) is -0.817. The van der Waals surface area contributed by atoms with Gasteiger partial charge in [-0.25, -0.2) is 0 Å². The number of halogens is 1. The molecule has 3 aromatic rings. The van der Waals surface area contributed by atoms with E-state index in [4.69, 9.17) is 16.4 Å². The van der Waals surface area contributed by atoms with Crippen molar-refractivity contribution < 1.29 is 14.4 Å². The van der Waals surface area contributed by atoms with Crippen molar-refractivity contribution >= 4 is 45.6 Å². The summed E-state index contributed by atoms with van der Waals surface area (Å²) in [4.78, 5) is 34.4. The maximum atomic E-state index is 13.6. The van der Waals surface area contributed by atoms with Crippen molar-refractivity contribution in [3.05, 3.63) is 77.3 Å². The average molecular weight is 443 g/mol. The van der Waals surface area contributed by atoms with E-state index in [1.165, 1.54) is 4.90 Å². The number of nitrogens with zero attached hydrogens (tertiary/aromatic N) is 2. The van der Waals surface area contributed by atoms with Crippen molar-refractivity contribution in [1.29, 1.82) is 0 Å². The molecule has 0 aromatic heterocycles. The second-order valence-corrected chi connectivity index (χ2v) is 9.62. The Morgan fingerprint density at radius 2 is 1.56 bits per heavy atom. The van der Waals surface area contributed by atoms with Gasteiger partial charge in [0, 0.05) is 22.4 Å². The van der Waals surface area contributed by atoms with Crippen LogP contribution in [0.25, 0.3) is 10.8 Å². The molecule has 0 spiro atoms. The highest BCUT2D eigenvalue weighted by molar-refractivity contribution is 6.34. The Kier molecular flexibility index (Phi) is 3.69. The van der Waals surface area contributed by atoms with E-state index in [-0.39, 0.29) is 47.5 Å². The molecule has 4 aliphatic rings. The van der Waals surface area contributed by atoms with E-state index in [1.54, 1.807) is 0 Å². The van der Waals surface area contributed by atoms with Crippen molar-refractivity contribution in [1.82, 2.24) is 0 Å². The van der Waals surface area contributed by atoms with Crippen LogP contribution in [0.2, 0.25) is 5.02 Å². The maximum Gasteiger partial charge on any atom is 0.238 e. The summed E-state index contributed by atoms with van der Waals surface area (Å²) < 4.78 is 0. The first kappa shape index (κ1) is 18.4. The Bertz CT molecular complexity index is 1350. The third-order valence-electron chi connectivity index (χ3n) is 7.83. The fourth-order valence-electron chi connectivity index (χ4n) is 6.59. The third kappa shape index (κ3) is 2.27. The number of imide groups is 1. The summed E-state index contributed by atoms with van der Waals surface area (Å²) in [6.07, 6.45) is 0.651. The number of carbonyl (C=O) groups excluding carboxylic acids is 2. The molecule has 2 amide bonds. The van der Waals surface area contributed by atoms with Crippen molar-refractivity contribution in [3.63, 3.8) is 0 Å². The number of rotatable bonds is 2. The summed E-state index contributed by atoms with van der Waals surface area (Å²) in [5.41, 5.74) is 2.32. The molecular formula is C26H19ClN2O3. The van der Waals surface area contributed by atoms with Gasteiger partial charge in [0.15, 0.2) is 0 Å². The topological polar surface area (TPSA) is 59.0 Å². The monoisotopic (exact) mass is 442 g/mol. The van der Waals surface area contributed by atoms with E-state index >= 15 is 0 Å². The van der Waals surface area contributed by atoms with Gasteiger partial charge in [-0.1, -0.05) is 65.3 Å². The molecule has 3 fully saturated rings. The molecule has 2 saturated carbocycles. The predicted octanol–water partition coefficient (Wildman–Crippen LogP) is 4.67. The second kappa shape index (κ2) is 6.42. The van der Waals surface area contributed by atoms with Gasteiger partial charge in [0.05, 0.1) is 23.2 Å². The molecule has 2 heterocycles. The smallest absolute Gasteiger partial charge is 0.238 e. The van der Waals surface area contributed by atoms with Crippen LogP contribution in [0.3, 0.4) is 0 Å². The molecule has 3 aromatic carbocycles. The highest BCUT2D eigenvalue weighted by Crippen LogP contribution is 2.62. The molecule has 7 rings (SSSR count). The van der Waals surface area contributed by atoms with Gasteiger partial charge in [0.25, 0.3) is 0 Å². The van der Waals surface area contributed by atoms with Gasteiger partial charge in [0.1, 0.15) is 6.10 Å². The summed E-state index contributed by atoms with van der Waals surface area (Å²) in [6.45, 7) is 0. The third-order valence-corrected chi connectivity index (χ3v) is 8.16. The number of amides is 2. The number of oxime groups is 1. The molecule has 2 aliphatic heterocycles. The van der Waals surface area contributed by atoms with Crippen LogP contribution in [0, 0.1) is 29.6 Å². The average Bonchev–Trinajstić information content (AvgIpc) is 3.54. The molecule has 6 heteroatoms. The summed E-state index contributed by atoms with van der Waals surface area (Å²) in [5, 5.41) is 7.10. The lowest BCUT2D eigenvalue weighted by atomic mass is 9.71. The molecular weight excluding hydrogens is 424 g/mol. The van der Waals surface area contributed by atoms with Crippen LogP contribution in [0.15, 0.2) is 71.9 Å². The summed E-state index contributed by atoms with van der Waals surface area (Å²) in [6, 6.07) is 21.3. The quantitative estimate of drug-likeness (QED) is 0.542. The van der Waals surface area contributed by atoms with E-state index in [0.717, 1.165) is 28.5 Å². The lowest BCUT2D eigenvalue weighted by Crippen LogP contribution is -2.41. The van der Waals surface area contributed by atoms with Gasteiger partial charge in [-0.2, -0.15) is 0 Å². The first-order valence-corrected chi connectivity index (χ1v) is 11.4. The van der Waals surface area contributed by atoms with Crippen molar-refractivity contribution in [3.8, 4) is 0 Å². The largest absolute Gasteiger partial charge is 0.391 e. The Morgan fingerprint density at radius 3 is 2.38 bits per heavy atom. The predicted molar refractivity (Wildman–Crippen MR) is 121 cm³/mol. The van der Waals surface area contributed by atoms with Crippen LogP contribution in [-0.2, 0) is 14.4 Å². The fraction of sp³-hybridized carbons (Fsp3) is 0.269. The van der Waals surface area contributed by atoms with Crippen LogP contribution in [0.5, 0.6) is 0 Å². The van der Waals surface area contributed by atoms with Crippen molar-refractivity contribution in [2.75, 3.05) is 4.90 Å². The van der Waals surface area contributed by atoms with Gasteiger partial charge in [-0.15, -0.1) is 0 Å². The SMILES string of the molecule is O=C1[C@@H]2[C@@H]3C[C@H]([C@H]4ON=C(c5ccccc5Cl)[C@H]34)[C@@H]2C(=O)N1c1ccc2ccccc2c1. The molecule has 32 heavy (non-hydrogen) atoms. The van der Waals surface area contributed by atoms with Gasteiger partial charge in [0.2, 0.25) is 11.8 Å². The molecule has 2 aliphatic carbocycles. The standard InChI is InChI=1S/C26H19ClN2O3/c27-19-8-4-3-7-16(19)23-22-17-12-18(24(22)32-28-23)21-20(17)25(30)29(26(21)31)15-10-9-13-5-1-2-6-14(13)11-15/h1-11,17-18,20-22,24H,12H2/t17-,18-,20+,21-,22-,24+/m0/s1. The molecule has 0 unspecified atom stereocenters. The number of hydrogen-bond donors (Lipinski definition) is 0. The van der Waals surface area contributed by atoms with Gasteiger partial charge >= 0.3 is 0 Å². The van der Waals surface area contributed by atoms with Crippen molar-refractivity contribution in [2.45, 2.75) is 12.5 Å². The van der Waals surface area contributed by atoms with Gasteiger partial charge < -0.3 is 4.84 Å². The Hall–Kier alpha value is -3.18. The Morgan fingerprint density at radius 1 is 0.844 bits per heavy atom. The first-order chi connectivity index (χ1) is 15.6. The van der Waals surface area contributed by atoms with Crippen LogP contribution in [-0.4, -0.2) is 23.6 Å².